The van der Waals surface area contributed by atoms with Crippen LogP contribution in [0.3, 0.4) is 0 Å². The maximum Gasteiger partial charge on any atom is 0.338 e. The third-order valence-electron chi connectivity index (χ3n) is 4.92. The van der Waals surface area contributed by atoms with Crippen LogP contribution in [-0.4, -0.2) is 63.2 Å². The summed E-state index contributed by atoms with van der Waals surface area (Å²) < 4.78 is 33.2. The van der Waals surface area contributed by atoms with E-state index in [9.17, 15) is 9.59 Å². The molecule has 0 N–H and O–H groups in total. The first kappa shape index (κ1) is 20.5. The summed E-state index contributed by atoms with van der Waals surface area (Å²) in [7, 11) is 0. The highest BCUT2D eigenvalue weighted by Gasteiger charge is 2.45. The Bertz CT molecular complexity index is 769. The van der Waals surface area contributed by atoms with Gasteiger partial charge in [0.05, 0.1) is 11.1 Å². The minimum Gasteiger partial charge on any atom is -0.459 e. The van der Waals surface area contributed by atoms with Crippen molar-refractivity contribution < 1.29 is 38.0 Å². The van der Waals surface area contributed by atoms with E-state index in [1.54, 1.807) is 48.5 Å². The van der Waals surface area contributed by atoms with Gasteiger partial charge in [0.15, 0.2) is 0 Å². The molecule has 4 rings (SSSR count). The highest BCUT2D eigenvalue weighted by molar-refractivity contribution is 5.89. The molecule has 4 unspecified atom stereocenters. The molecule has 0 aromatic heterocycles. The quantitative estimate of drug-likeness (QED) is 0.665. The number of rotatable bonds is 6. The fraction of sp³-hybridized carbons (Fsp3) is 0.364. The topological polar surface area (TPSA) is 89.5 Å². The molecular weight excluding hydrogens is 392 g/mol. The van der Waals surface area contributed by atoms with Crippen molar-refractivity contribution in [2.75, 3.05) is 26.8 Å². The van der Waals surface area contributed by atoms with Gasteiger partial charge in [0, 0.05) is 0 Å². The highest BCUT2D eigenvalue weighted by atomic mass is 16.8. The number of carbonyl (C=O) groups excluding carboxylic acids is 2. The molecule has 2 aliphatic heterocycles. The van der Waals surface area contributed by atoms with Crippen molar-refractivity contribution in [1.29, 1.82) is 0 Å². The van der Waals surface area contributed by atoms with E-state index in [1.807, 2.05) is 12.1 Å². The minimum atomic E-state index is -0.521. The molecule has 0 radical (unpaired) electrons. The van der Waals surface area contributed by atoms with E-state index in [4.69, 9.17) is 28.4 Å². The first-order valence-electron chi connectivity index (χ1n) is 9.63. The van der Waals surface area contributed by atoms with E-state index in [0.29, 0.717) is 11.1 Å². The van der Waals surface area contributed by atoms with Crippen LogP contribution in [0.5, 0.6) is 0 Å². The molecule has 0 aliphatic carbocycles. The third-order valence-corrected chi connectivity index (χ3v) is 4.92. The van der Waals surface area contributed by atoms with E-state index < -0.39 is 36.4 Å². The normalized spacial score (nSPS) is 25.7. The molecule has 30 heavy (non-hydrogen) atoms. The SMILES string of the molecule is O=C(OCC1OCOC2C(COC(=O)c3ccccc3)OCOC12)c1ccccc1. The second kappa shape index (κ2) is 9.82. The summed E-state index contributed by atoms with van der Waals surface area (Å²) in [6.45, 7) is -0.00129. The lowest BCUT2D eigenvalue weighted by Crippen LogP contribution is -2.59. The van der Waals surface area contributed by atoms with E-state index in [-0.39, 0.29) is 26.8 Å². The van der Waals surface area contributed by atoms with Crippen LogP contribution in [0.1, 0.15) is 20.7 Å². The Hall–Kier alpha value is -2.78. The van der Waals surface area contributed by atoms with Crippen LogP contribution in [0.25, 0.3) is 0 Å². The van der Waals surface area contributed by atoms with E-state index >= 15 is 0 Å². The number of ether oxygens (including phenoxy) is 6. The van der Waals surface area contributed by atoms with Crippen LogP contribution < -0.4 is 0 Å². The van der Waals surface area contributed by atoms with Crippen LogP contribution in [0, 0.1) is 0 Å². The predicted molar refractivity (Wildman–Crippen MR) is 103 cm³/mol. The Morgan fingerprint density at radius 2 is 1.07 bits per heavy atom. The second-order valence-electron chi connectivity index (χ2n) is 6.84. The highest BCUT2D eigenvalue weighted by Crippen LogP contribution is 2.26. The van der Waals surface area contributed by atoms with Gasteiger partial charge in [0.1, 0.15) is 51.2 Å². The zero-order chi connectivity index (χ0) is 20.8. The molecule has 2 saturated heterocycles. The molecule has 0 saturated carbocycles. The van der Waals surface area contributed by atoms with Crippen LogP contribution in [0.15, 0.2) is 60.7 Å². The second-order valence-corrected chi connectivity index (χ2v) is 6.84. The maximum absolute atomic E-state index is 12.2. The van der Waals surface area contributed by atoms with Crippen LogP contribution in [0.2, 0.25) is 0 Å². The smallest absolute Gasteiger partial charge is 0.338 e. The zero-order valence-corrected chi connectivity index (χ0v) is 16.2. The van der Waals surface area contributed by atoms with Gasteiger partial charge in [0.25, 0.3) is 0 Å². The molecule has 8 nitrogen and oxygen atoms in total. The van der Waals surface area contributed by atoms with Crippen molar-refractivity contribution >= 4 is 11.9 Å². The van der Waals surface area contributed by atoms with Gasteiger partial charge in [-0.15, -0.1) is 0 Å². The molecule has 2 fully saturated rings. The molecule has 2 aromatic carbocycles. The van der Waals surface area contributed by atoms with Gasteiger partial charge >= 0.3 is 11.9 Å². The lowest BCUT2D eigenvalue weighted by atomic mass is 10.0. The average molecular weight is 414 g/mol. The van der Waals surface area contributed by atoms with Gasteiger partial charge in [-0.25, -0.2) is 9.59 Å². The fourth-order valence-corrected chi connectivity index (χ4v) is 3.34. The van der Waals surface area contributed by atoms with Gasteiger partial charge in [-0.1, -0.05) is 36.4 Å². The third kappa shape index (κ3) is 4.85. The summed E-state index contributed by atoms with van der Waals surface area (Å²) in [5.74, 6) is -0.884. The summed E-state index contributed by atoms with van der Waals surface area (Å²) >= 11 is 0. The van der Waals surface area contributed by atoms with Crippen molar-refractivity contribution in [3.05, 3.63) is 71.8 Å². The summed E-state index contributed by atoms with van der Waals surface area (Å²) in [5.41, 5.74) is 0.916. The molecule has 0 bridgehead atoms. The molecular formula is C22H22O8. The predicted octanol–water partition coefficient (Wildman–Crippen LogP) is 2.18. The van der Waals surface area contributed by atoms with Crippen molar-refractivity contribution in [2.24, 2.45) is 0 Å². The maximum atomic E-state index is 12.2. The molecule has 0 amide bonds. The van der Waals surface area contributed by atoms with Gasteiger partial charge in [-0.2, -0.15) is 0 Å². The summed E-state index contributed by atoms with van der Waals surface area (Å²) in [6, 6.07) is 17.4. The average Bonchev–Trinajstić information content (AvgIpc) is 2.82. The van der Waals surface area contributed by atoms with Crippen molar-refractivity contribution in [2.45, 2.75) is 24.4 Å². The minimum absolute atomic E-state index is 0.00871. The number of benzene rings is 2. The largest absolute Gasteiger partial charge is 0.459 e. The Kier molecular flexibility index (Phi) is 6.70. The molecule has 0 spiro atoms. The lowest BCUT2D eigenvalue weighted by molar-refractivity contribution is -0.328. The number of fused-ring (bicyclic) bond motifs is 1. The first-order valence-corrected chi connectivity index (χ1v) is 9.63. The Morgan fingerprint density at radius 1 is 0.667 bits per heavy atom. The van der Waals surface area contributed by atoms with Crippen molar-refractivity contribution in [1.82, 2.24) is 0 Å². The fourth-order valence-electron chi connectivity index (χ4n) is 3.34. The first-order chi connectivity index (χ1) is 14.7. The van der Waals surface area contributed by atoms with E-state index in [0.717, 1.165) is 0 Å². The zero-order valence-electron chi connectivity index (χ0n) is 16.2. The van der Waals surface area contributed by atoms with E-state index in [2.05, 4.69) is 0 Å². The van der Waals surface area contributed by atoms with Crippen molar-refractivity contribution in [3.63, 3.8) is 0 Å². The van der Waals surface area contributed by atoms with E-state index in [1.165, 1.54) is 0 Å². The number of hydrogen-bond donors (Lipinski definition) is 0. The monoisotopic (exact) mass is 414 g/mol. The summed E-state index contributed by atoms with van der Waals surface area (Å²) in [5, 5.41) is 0. The van der Waals surface area contributed by atoms with Crippen molar-refractivity contribution in [3.8, 4) is 0 Å². The Balaban J connectivity index is 1.32. The van der Waals surface area contributed by atoms with Crippen LogP contribution in [-0.2, 0) is 28.4 Å². The number of carbonyl (C=O) groups is 2. The Labute approximate surface area is 173 Å². The molecule has 4 atom stereocenters. The number of esters is 2. The Morgan fingerprint density at radius 3 is 1.47 bits per heavy atom. The molecule has 158 valence electrons. The van der Waals surface area contributed by atoms with Gasteiger partial charge in [0.2, 0.25) is 0 Å². The molecule has 2 aromatic rings. The molecule has 2 aliphatic rings. The summed E-state index contributed by atoms with van der Waals surface area (Å²) in [4.78, 5) is 24.4. The summed E-state index contributed by atoms with van der Waals surface area (Å²) in [6.07, 6.45) is -2.08. The van der Waals surface area contributed by atoms with Gasteiger partial charge in [-0.3, -0.25) is 0 Å². The molecule has 2 heterocycles. The standard InChI is InChI=1S/C22H22O8/c23-21(15-7-3-1-4-8-15)25-11-17-19-20(30-13-27-17)18(28-14-29-19)12-26-22(24)16-9-5-2-6-10-16/h1-10,17-20H,11-14H2. The number of hydrogen-bond acceptors (Lipinski definition) is 8. The van der Waals surface area contributed by atoms with Crippen LogP contribution in [0.4, 0.5) is 0 Å². The lowest BCUT2D eigenvalue weighted by Gasteiger charge is -2.43. The van der Waals surface area contributed by atoms with Crippen LogP contribution >= 0.6 is 0 Å². The van der Waals surface area contributed by atoms with Gasteiger partial charge < -0.3 is 28.4 Å². The van der Waals surface area contributed by atoms with Gasteiger partial charge in [-0.05, 0) is 24.3 Å². The molecule has 8 heteroatoms.